The lowest BCUT2D eigenvalue weighted by atomic mass is 10.1. The van der Waals surface area contributed by atoms with E-state index < -0.39 is 10.5 Å². The van der Waals surface area contributed by atoms with E-state index in [1.165, 1.54) is 28.9 Å². The first-order valence-electron chi connectivity index (χ1n) is 12.0. The van der Waals surface area contributed by atoms with E-state index in [1.54, 1.807) is 48.5 Å². The fourth-order valence-electron chi connectivity index (χ4n) is 3.96. The fourth-order valence-corrected chi connectivity index (χ4v) is 3.96. The minimum absolute atomic E-state index is 0.00722. The zero-order chi connectivity index (χ0) is 27.2. The number of aromatic nitrogens is 2. The first kappa shape index (κ1) is 25.0. The van der Waals surface area contributed by atoms with Crippen molar-refractivity contribution in [2.24, 2.45) is 10.2 Å². The van der Waals surface area contributed by atoms with E-state index in [2.05, 4.69) is 20.6 Å². The van der Waals surface area contributed by atoms with E-state index in [0.717, 1.165) is 5.56 Å². The summed E-state index contributed by atoms with van der Waals surface area (Å²) in [6, 6.07) is 30.9. The fraction of sp³-hybridized carbons (Fsp3) is 0.0345. The maximum atomic E-state index is 13.4. The first-order chi connectivity index (χ1) is 19.0. The third-order valence-corrected chi connectivity index (χ3v) is 5.95. The van der Waals surface area contributed by atoms with Crippen molar-refractivity contribution >= 4 is 23.0 Å². The third kappa shape index (κ3) is 5.54. The predicted octanol–water partition coefficient (Wildman–Crippen LogP) is 6.09. The Morgan fingerprint density at radius 3 is 2.18 bits per heavy atom. The Labute approximate surface area is 222 Å². The normalized spacial score (nSPS) is 11.0. The predicted molar refractivity (Wildman–Crippen MR) is 147 cm³/mol. The lowest BCUT2D eigenvalue weighted by Gasteiger charge is -2.07. The Hall–Kier alpha value is -5.64. The van der Waals surface area contributed by atoms with Crippen LogP contribution in [-0.4, -0.2) is 20.6 Å². The Bertz CT molecular complexity index is 1710. The minimum atomic E-state index is -0.498. The molecule has 0 aliphatic heterocycles. The van der Waals surface area contributed by atoms with E-state index in [9.17, 15) is 19.7 Å². The molecule has 0 bridgehead atoms. The van der Waals surface area contributed by atoms with E-state index in [-0.39, 0.29) is 23.0 Å². The van der Waals surface area contributed by atoms with Crippen LogP contribution in [0.3, 0.4) is 0 Å². The SMILES string of the molecule is O=C(NCc1ccccc1)c1ccccc1N=Nc1c(-c2ccc([N+](=O)[O-])cc2)[nH]n(-c2ccccc2)c1=O. The smallest absolute Gasteiger partial charge is 0.299 e. The number of para-hydroxylation sites is 1. The van der Waals surface area contributed by atoms with Crippen LogP contribution < -0.4 is 10.9 Å². The molecule has 0 aliphatic rings. The van der Waals surface area contributed by atoms with Gasteiger partial charge in [-0.2, -0.15) is 0 Å². The highest BCUT2D eigenvalue weighted by atomic mass is 16.6. The first-order valence-corrected chi connectivity index (χ1v) is 12.0. The van der Waals surface area contributed by atoms with Gasteiger partial charge in [0.2, 0.25) is 0 Å². The number of nitro groups is 1. The molecular formula is C29H22N6O4. The Balaban J connectivity index is 1.51. The molecule has 5 aromatic rings. The molecule has 4 aromatic carbocycles. The average molecular weight is 519 g/mol. The van der Waals surface area contributed by atoms with E-state index >= 15 is 0 Å². The molecule has 0 radical (unpaired) electrons. The van der Waals surface area contributed by atoms with Crippen LogP contribution >= 0.6 is 0 Å². The van der Waals surface area contributed by atoms with Crippen molar-refractivity contribution < 1.29 is 9.72 Å². The molecule has 1 heterocycles. The summed E-state index contributed by atoms with van der Waals surface area (Å²) < 4.78 is 1.32. The number of carbonyl (C=O) groups is 1. The van der Waals surface area contributed by atoms with Crippen LogP contribution in [0.1, 0.15) is 15.9 Å². The molecule has 10 heteroatoms. The van der Waals surface area contributed by atoms with Gasteiger partial charge in [0.25, 0.3) is 17.2 Å². The summed E-state index contributed by atoms with van der Waals surface area (Å²) in [5.74, 6) is -0.334. The summed E-state index contributed by atoms with van der Waals surface area (Å²) in [5, 5.41) is 25.6. The van der Waals surface area contributed by atoms with Crippen LogP contribution in [0.15, 0.2) is 124 Å². The number of aromatic amines is 1. The summed E-state index contributed by atoms with van der Waals surface area (Å²) in [7, 11) is 0. The van der Waals surface area contributed by atoms with Crippen LogP contribution in [0.5, 0.6) is 0 Å². The molecule has 0 atom stereocenters. The second kappa shape index (κ2) is 11.2. The van der Waals surface area contributed by atoms with Gasteiger partial charge in [-0.05, 0) is 42.0 Å². The number of nitro benzene ring substituents is 1. The van der Waals surface area contributed by atoms with E-state index in [0.29, 0.717) is 29.1 Å². The maximum absolute atomic E-state index is 13.4. The number of amides is 1. The van der Waals surface area contributed by atoms with Gasteiger partial charge < -0.3 is 5.32 Å². The highest BCUT2D eigenvalue weighted by Gasteiger charge is 2.19. The zero-order valence-electron chi connectivity index (χ0n) is 20.5. The highest BCUT2D eigenvalue weighted by Crippen LogP contribution is 2.30. The number of nitrogens with zero attached hydrogens (tertiary/aromatic N) is 4. The molecule has 192 valence electrons. The number of nitrogens with one attached hydrogen (secondary N) is 2. The second-order valence-electron chi connectivity index (χ2n) is 8.50. The van der Waals surface area contributed by atoms with Crippen molar-refractivity contribution in [3.8, 4) is 16.9 Å². The molecule has 1 aromatic heterocycles. The highest BCUT2D eigenvalue weighted by molar-refractivity contribution is 5.98. The molecule has 5 rings (SSSR count). The standard InChI is InChI=1S/C29H22N6O4/c36-28(30-19-20-9-3-1-4-10-20)24-13-7-8-14-25(24)31-32-27-26(21-15-17-23(18-16-21)35(38)39)33-34(29(27)37)22-11-5-2-6-12-22/h1-18,33H,19H2,(H,30,36). The zero-order valence-corrected chi connectivity index (χ0v) is 20.5. The Morgan fingerprint density at radius 1 is 0.846 bits per heavy atom. The molecular weight excluding hydrogens is 496 g/mol. The largest absolute Gasteiger partial charge is 0.348 e. The lowest BCUT2D eigenvalue weighted by molar-refractivity contribution is -0.384. The van der Waals surface area contributed by atoms with E-state index in [4.69, 9.17) is 0 Å². The van der Waals surface area contributed by atoms with Gasteiger partial charge in [-0.15, -0.1) is 10.2 Å². The van der Waals surface area contributed by atoms with Crippen LogP contribution in [0, 0.1) is 10.1 Å². The van der Waals surface area contributed by atoms with Gasteiger partial charge in [0.15, 0.2) is 5.69 Å². The number of rotatable bonds is 8. The van der Waals surface area contributed by atoms with Crippen LogP contribution in [0.4, 0.5) is 17.1 Å². The molecule has 1 amide bonds. The summed E-state index contributed by atoms with van der Waals surface area (Å²) >= 11 is 0. The van der Waals surface area contributed by atoms with Gasteiger partial charge in [0.1, 0.15) is 0 Å². The van der Waals surface area contributed by atoms with Gasteiger partial charge >= 0.3 is 0 Å². The molecule has 0 fully saturated rings. The van der Waals surface area contributed by atoms with Crippen molar-refractivity contribution in [2.45, 2.75) is 6.54 Å². The second-order valence-corrected chi connectivity index (χ2v) is 8.50. The van der Waals surface area contributed by atoms with E-state index in [1.807, 2.05) is 36.4 Å². The molecule has 10 nitrogen and oxygen atoms in total. The van der Waals surface area contributed by atoms with Gasteiger partial charge in [-0.3, -0.25) is 24.8 Å². The molecule has 2 N–H and O–H groups in total. The summed E-state index contributed by atoms with van der Waals surface area (Å²) in [4.78, 5) is 37.0. The number of H-pyrrole nitrogens is 1. The molecule has 39 heavy (non-hydrogen) atoms. The molecule has 0 unspecified atom stereocenters. The number of benzene rings is 4. The van der Waals surface area contributed by atoms with Crippen LogP contribution in [0.2, 0.25) is 0 Å². The maximum Gasteiger partial charge on any atom is 0.299 e. The number of azo groups is 1. The van der Waals surface area contributed by atoms with Crippen molar-refractivity contribution in [3.05, 3.63) is 141 Å². The third-order valence-electron chi connectivity index (χ3n) is 5.95. The van der Waals surface area contributed by atoms with Crippen molar-refractivity contribution in [2.75, 3.05) is 0 Å². The lowest BCUT2D eigenvalue weighted by Crippen LogP contribution is -2.22. The number of hydrogen-bond acceptors (Lipinski definition) is 6. The summed E-state index contributed by atoms with van der Waals surface area (Å²) in [6.45, 7) is 0.342. The molecule has 0 spiro atoms. The van der Waals surface area contributed by atoms with Gasteiger partial charge in [-0.25, -0.2) is 4.68 Å². The Morgan fingerprint density at radius 2 is 1.49 bits per heavy atom. The quantitative estimate of drug-likeness (QED) is 0.146. The van der Waals surface area contributed by atoms with Crippen LogP contribution in [-0.2, 0) is 6.54 Å². The van der Waals surface area contributed by atoms with Gasteiger partial charge in [0, 0.05) is 24.2 Å². The minimum Gasteiger partial charge on any atom is -0.348 e. The topological polar surface area (TPSA) is 135 Å². The van der Waals surface area contributed by atoms with Crippen molar-refractivity contribution in [1.29, 1.82) is 0 Å². The summed E-state index contributed by atoms with van der Waals surface area (Å²) in [6.07, 6.45) is 0. The molecule has 0 saturated heterocycles. The monoisotopic (exact) mass is 518 g/mol. The van der Waals surface area contributed by atoms with Crippen LogP contribution in [0.25, 0.3) is 16.9 Å². The van der Waals surface area contributed by atoms with Gasteiger partial charge in [0.05, 0.1) is 27.6 Å². The Kier molecular flexibility index (Phi) is 7.17. The van der Waals surface area contributed by atoms with Crippen molar-refractivity contribution in [3.63, 3.8) is 0 Å². The number of non-ortho nitro benzene ring substituents is 1. The number of hydrogen-bond donors (Lipinski definition) is 2. The molecule has 0 aliphatic carbocycles. The summed E-state index contributed by atoms with van der Waals surface area (Å²) in [5.41, 5.74) is 2.39. The molecule has 0 saturated carbocycles. The van der Waals surface area contributed by atoms with Crippen molar-refractivity contribution in [1.82, 2.24) is 15.1 Å². The average Bonchev–Trinajstić information content (AvgIpc) is 3.31. The van der Waals surface area contributed by atoms with Gasteiger partial charge in [-0.1, -0.05) is 60.7 Å². The number of carbonyl (C=O) groups excluding carboxylic acids is 1.